The number of aliphatic hydroxyl groups excluding tert-OH is 1. The molecule has 0 unspecified atom stereocenters. The zero-order chi connectivity index (χ0) is 10.4. The van der Waals surface area contributed by atoms with Crippen LogP contribution in [0.3, 0.4) is 0 Å². The van der Waals surface area contributed by atoms with Crippen molar-refractivity contribution < 1.29 is 5.11 Å². The lowest BCUT2D eigenvalue weighted by atomic mass is 10.0. The largest absolute Gasteiger partial charge is 0.387 e. The SMILES string of the molecule is O[C@H](C=P)[C@@H](Cc1ccccc1)NCl. The van der Waals surface area contributed by atoms with E-state index < -0.39 is 6.10 Å². The molecule has 1 rings (SSSR count). The van der Waals surface area contributed by atoms with Crippen molar-refractivity contribution >= 4 is 26.4 Å². The van der Waals surface area contributed by atoms with Crippen LogP contribution >= 0.6 is 20.6 Å². The maximum absolute atomic E-state index is 9.53. The monoisotopic (exact) mass is 229 g/mol. The molecule has 0 heterocycles. The molecule has 0 saturated carbocycles. The summed E-state index contributed by atoms with van der Waals surface area (Å²) in [6, 6.07) is 9.70. The van der Waals surface area contributed by atoms with Gasteiger partial charge in [0, 0.05) is 0 Å². The summed E-state index contributed by atoms with van der Waals surface area (Å²) in [6.07, 6.45) is 0.0799. The van der Waals surface area contributed by atoms with E-state index >= 15 is 0 Å². The van der Waals surface area contributed by atoms with Crippen molar-refractivity contribution in [3.8, 4) is 0 Å². The molecule has 0 aromatic heterocycles. The summed E-state index contributed by atoms with van der Waals surface area (Å²) < 4.78 is 0. The van der Waals surface area contributed by atoms with E-state index in [1.165, 1.54) is 5.80 Å². The number of rotatable bonds is 5. The molecule has 14 heavy (non-hydrogen) atoms. The number of aliphatic hydroxyl groups is 1. The molecule has 0 saturated heterocycles. The third-order valence-corrected chi connectivity index (χ3v) is 2.64. The van der Waals surface area contributed by atoms with E-state index in [1.807, 2.05) is 30.3 Å². The maximum atomic E-state index is 9.53. The molecular formula is C10H13ClNOP. The lowest BCUT2D eigenvalue weighted by Gasteiger charge is -2.17. The Bertz CT molecular complexity index is 281. The van der Waals surface area contributed by atoms with Gasteiger partial charge in [-0.15, -0.1) is 8.86 Å². The van der Waals surface area contributed by atoms with Crippen LogP contribution in [0.1, 0.15) is 5.56 Å². The van der Waals surface area contributed by atoms with E-state index in [-0.39, 0.29) is 6.04 Å². The van der Waals surface area contributed by atoms with Gasteiger partial charge in [0.25, 0.3) is 0 Å². The first-order valence-corrected chi connectivity index (χ1v) is 5.32. The Morgan fingerprint density at radius 3 is 2.57 bits per heavy atom. The maximum Gasteiger partial charge on any atom is 0.0929 e. The van der Waals surface area contributed by atoms with Crippen molar-refractivity contribution in [2.24, 2.45) is 0 Å². The fourth-order valence-electron chi connectivity index (χ4n) is 1.21. The van der Waals surface area contributed by atoms with Gasteiger partial charge in [-0.3, -0.25) is 0 Å². The van der Waals surface area contributed by atoms with Crippen LogP contribution in [0.5, 0.6) is 0 Å². The van der Waals surface area contributed by atoms with Gasteiger partial charge in [0.05, 0.1) is 12.1 Å². The Labute approximate surface area is 91.2 Å². The van der Waals surface area contributed by atoms with E-state index in [1.54, 1.807) is 0 Å². The van der Waals surface area contributed by atoms with Crippen molar-refractivity contribution in [3.05, 3.63) is 35.9 Å². The first kappa shape index (κ1) is 11.7. The first-order chi connectivity index (χ1) is 6.77. The molecule has 0 fully saturated rings. The summed E-state index contributed by atoms with van der Waals surface area (Å²) in [5, 5.41) is 9.53. The third kappa shape index (κ3) is 3.39. The van der Waals surface area contributed by atoms with Crippen LogP contribution < -0.4 is 4.84 Å². The Balaban J connectivity index is 2.61. The Morgan fingerprint density at radius 1 is 1.43 bits per heavy atom. The molecular weight excluding hydrogens is 217 g/mol. The molecule has 1 aromatic carbocycles. The molecule has 0 aliphatic carbocycles. The van der Waals surface area contributed by atoms with E-state index in [0.717, 1.165) is 5.56 Å². The number of halogens is 1. The zero-order valence-electron chi connectivity index (χ0n) is 7.65. The van der Waals surface area contributed by atoms with Crippen LogP contribution in [0.4, 0.5) is 0 Å². The fourth-order valence-corrected chi connectivity index (χ4v) is 1.65. The van der Waals surface area contributed by atoms with Crippen LogP contribution in [-0.4, -0.2) is 23.0 Å². The van der Waals surface area contributed by atoms with Crippen LogP contribution in [0.25, 0.3) is 0 Å². The van der Waals surface area contributed by atoms with Gasteiger partial charge in [-0.2, -0.15) is 0 Å². The summed E-state index contributed by atoms with van der Waals surface area (Å²) in [5.74, 6) is 1.53. The van der Waals surface area contributed by atoms with Gasteiger partial charge in [-0.25, -0.2) is 4.84 Å². The van der Waals surface area contributed by atoms with Crippen LogP contribution in [0.2, 0.25) is 0 Å². The molecule has 1 aromatic rings. The highest BCUT2D eigenvalue weighted by Crippen LogP contribution is 2.06. The first-order valence-electron chi connectivity index (χ1n) is 4.36. The van der Waals surface area contributed by atoms with E-state index in [2.05, 4.69) is 13.7 Å². The fraction of sp³-hybridized carbons (Fsp3) is 0.300. The van der Waals surface area contributed by atoms with Gasteiger partial charge in [-0.1, -0.05) is 30.3 Å². The van der Waals surface area contributed by atoms with E-state index in [9.17, 15) is 5.11 Å². The molecule has 0 aliphatic rings. The van der Waals surface area contributed by atoms with Crippen LogP contribution in [-0.2, 0) is 6.42 Å². The van der Waals surface area contributed by atoms with Gasteiger partial charge >= 0.3 is 0 Å². The molecule has 0 aliphatic heterocycles. The lowest BCUT2D eigenvalue weighted by molar-refractivity contribution is 0.208. The van der Waals surface area contributed by atoms with Gasteiger partial charge in [-0.05, 0) is 29.6 Å². The predicted molar refractivity (Wildman–Crippen MR) is 63.3 cm³/mol. The number of nitrogens with one attached hydrogen (secondary N) is 1. The van der Waals surface area contributed by atoms with Crippen molar-refractivity contribution in [2.45, 2.75) is 18.6 Å². The van der Waals surface area contributed by atoms with Gasteiger partial charge < -0.3 is 5.11 Å². The van der Waals surface area contributed by atoms with Gasteiger partial charge in [0.15, 0.2) is 0 Å². The Hall–Kier alpha value is -0.400. The van der Waals surface area contributed by atoms with E-state index in [4.69, 9.17) is 11.8 Å². The molecule has 2 nitrogen and oxygen atoms in total. The second-order valence-electron chi connectivity index (χ2n) is 3.06. The lowest BCUT2D eigenvalue weighted by Crippen LogP contribution is -2.37. The summed E-state index contributed by atoms with van der Waals surface area (Å²) in [6.45, 7) is 0. The molecule has 0 amide bonds. The average Bonchev–Trinajstić information content (AvgIpc) is 2.26. The molecule has 4 heteroatoms. The van der Waals surface area contributed by atoms with Gasteiger partial charge in [0.2, 0.25) is 0 Å². The zero-order valence-corrected chi connectivity index (χ0v) is 9.41. The summed E-state index contributed by atoms with van der Waals surface area (Å²) in [7, 11) is 3.14. The molecule has 76 valence electrons. The number of hydrogen-bond donors (Lipinski definition) is 2. The van der Waals surface area contributed by atoms with Crippen molar-refractivity contribution in [2.75, 3.05) is 0 Å². The second kappa shape index (κ2) is 6.15. The Kier molecular flexibility index (Phi) is 5.13. The van der Waals surface area contributed by atoms with Crippen molar-refractivity contribution in [1.29, 1.82) is 0 Å². The molecule has 0 bridgehead atoms. The normalized spacial score (nSPS) is 14.7. The average molecular weight is 230 g/mol. The number of benzene rings is 1. The minimum absolute atomic E-state index is 0.184. The second-order valence-corrected chi connectivity index (χ2v) is 3.61. The summed E-state index contributed by atoms with van der Waals surface area (Å²) in [4.78, 5) is 2.56. The smallest absolute Gasteiger partial charge is 0.0929 e. The number of hydrogen-bond acceptors (Lipinski definition) is 2. The molecule has 2 N–H and O–H groups in total. The minimum atomic E-state index is -0.607. The molecule has 0 spiro atoms. The highest BCUT2D eigenvalue weighted by atomic mass is 35.5. The summed E-state index contributed by atoms with van der Waals surface area (Å²) in [5.41, 5.74) is 1.14. The minimum Gasteiger partial charge on any atom is -0.387 e. The summed E-state index contributed by atoms with van der Waals surface area (Å²) >= 11 is 5.54. The highest BCUT2D eigenvalue weighted by Gasteiger charge is 2.15. The third-order valence-electron chi connectivity index (χ3n) is 2.02. The van der Waals surface area contributed by atoms with Crippen LogP contribution in [0.15, 0.2) is 30.3 Å². The Morgan fingerprint density at radius 2 is 2.07 bits per heavy atom. The van der Waals surface area contributed by atoms with Crippen molar-refractivity contribution in [1.82, 2.24) is 4.84 Å². The molecule has 0 radical (unpaired) electrons. The van der Waals surface area contributed by atoms with Crippen LogP contribution in [0, 0.1) is 0 Å². The predicted octanol–water partition coefficient (Wildman–Crippen LogP) is 1.65. The highest BCUT2D eigenvalue weighted by molar-refractivity contribution is 7.18. The van der Waals surface area contributed by atoms with E-state index in [0.29, 0.717) is 6.42 Å². The van der Waals surface area contributed by atoms with Crippen molar-refractivity contribution in [3.63, 3.8) is 0 Å². The quantitative estimate of drug-likeness (QED) is 0.595. The topological polar surface area (TPSA) is 32.3 Å². The standard InChI is InChI=1S/C10H13ClNOP/c11-12-9(10(13)7-14)6-8-4-2-1-3-5-8/h1-5,7,9-10,12-14H,6H2/t9-,10-/m1/s1. The molecule has 2 atom stereocenters. The van der Waals surface area contributed by atoms with Gasteiger partial charge in [0.1, 0.15) is 0 Å².